The first-order valence-corrected chi connectivity index (χ1v) is 11.9. The van der Waals surface area contributed by atoms with Crippen LogP contribution in [0.15, 0.2) is 72.8 Å². The number of imidazole rings is 1. The third-order valence-corrected chi connectivity index (χ3v) is 6.18. The van der Waals surface area contributed by atoms with Crippen LogP contribution in [0.5, 0.6) is 0 Å². The van der Waals surface area contributed by atoms with Crippen molar-refractivity contribution in [3.05, 3.63) is 89.7 Å². The van der Waals surface area contributed by atoms with Crippen molar-refractivity contribution in [1.82, 2.24) is 20.2 Å². The molecule has 9 heteroatoms. The number of amidine groups is 1. The Labute approximate surface area is 213 Å². The van der Waals surface area contributed by atoms with E-state index in [-0.39, 0.29) is 17.0 Å². The lowest BCUT2D eigenvalue weighted by molar-refractivity contribution is 0.0690. The van der Waals surface area contributed by atoms with Gasteiger partial charge < -0.3 is 20.3 Å². The number of carboxylic acid groups (broad SMARTS) is 1. The number of carboxylic acids is 1. The van der Waals surface area contributed by atoms with Crippen molar-refractivity contribution in [3.8, 4) is 11.1 Å². The van der Waals surface area contributed by atoms with Gasteiger partial charge in [-0.3, -0.25) is 10.2 Å². The normalized spacial score (nSPS) is 11.7. The van der Waals surface area contributed by atoms with Gasteiger partial charge in [0.2, 0.25) is 0 Å². The van der Waals surface area contributed by atoms with Crippen LogP contribution in [0, 0.1) is 5.41 Å². The van der Waals surface area contributed by atoms with E-state index in [4.69, 9.17) is 10.4 Å². The van der Waals surface area contributed by atoms with E-state index in [9.17, 15) is 19.1 Å². The highest BCUT2D eigenvalue weighted by Gasteiger charge is 2.24. The number of carbonyl (C=O) groups is 2. The number of alkyl halides is 1. The van der Waals surface area contributed by atoms with Crippen LogP contribution < -0.4 is 10.6 Å². The Kier molecular flexibility index (Phi) is 7.92. The minimum absolute atomic E-state index is 0.0509. The fraction of sp³-hybridized carbons (Fsp3) is 0.214. The van der Waals surface area contributed by atoms with E-state index in [1.54, 1.807) is 12.1 Å². The molecule has 4 aromatic rings. The van der Waals surface area contributed by atoms with Gasteiger partial charge in [0.25, 0.3) is 5.91 Å². The molecule has 0 fully saturated rings. The van der Waals surface area contributed by atoms with Crippen LogP contribution in [0.1, 0.15) is 45.4 Å². The highest BCUT2D eigenvalue weighted by molar-refractivity contribution is 6.06. The van der Waals surface area contributed by atoms with Crippen molar-refractivity contribution in [2.24, 2.45) is 7.05 Å². The van der Waals surface area contributed by atoms with Gasteiger partial charge in [-0.15, -0.1) is 0 Å². The predicted molar refractivity (Wildman–Crippen MR) is 141 cm³/mol. The van der Waals surface area contributed by atoms with Gasteiger partial charge in [-0.2, -0.15) is 0 Å². The highest BCUT2D eigenvalue weighted by Crippen LogP contribution is 2.26. The average Bonchev–Trinajstić information content (AvgIpc) is 3.26. The molecule has 0 radical (unpaired) electrons. The summed E-state index contributed by atoms with van der Waals surface area (Å²) < 4.78 is 14.5. The van der Waals surface area contributed by atoms with E-state index in [1.807, 2.05) is 66.2 Å². The summed E-state index contributed by atoms with van der Waals surface area (Å²) in [6.07, 6.45) is 0.961. The maximum Gasteiger partial charge on any atom is 0.336 e. The zero-order chi connectivity index (χ0) is 26.4. The molecule has 1 atom stereocenters. The standard InChI is InChI=1S/C28H28FN5O3/c1-34-24-12-6-5-10-22(24)32-26(34)23(11-7-15-31-25(30)17-29)33-27(35)21-16-19(13-14-20(21)28(36)37)18-8-3-2-4-9-18/h2-6,8-10,12-14,16,23H,7,11,15,17H2,1H3,(H2,30,31)(H,33,35)(H,36,37)/t23-/m0/s1. The maximum absolute atomic E-state index is 13.5. The molecule has 0 saturated carbocycles. The smallest absolute Gasteiger partial charge is 0.336 e. The maximum atomic E-state index is 13.5. The first-order valence-electron chi connectivity index (χ1n) is 11.9. The number of hydrogen-bond donors (Lipinski definition) is 4. The van der Waals surface area contributed by atoms with E-state index in [0.29, 0.717) is 25.2 Å². The summed E-state index contributed by atoms with van der Waals surface area (Å²) in [6, 6.07) is 21.2. The molecule has 1 heterocycles. The van der Waals surface area contributed by atoms with Crippen molar-refractivity contribution in [1.29, 1.82) is 5.41 Å². The molecule has 190 valence electrons. The summed E-state index contributed by atoms with van der Waals surface area (Å²) in [5.41, 5.74) is 3.21. The van der Waals surface area contributed by atoms with E-state index >= 15 is 0 Å². The molecule has 0 saturated heterocycles. The van der Waals surface area contributed by atoms with Gasteiger partial charge in [-0.1, -0.05) is 48.5 Å². The molecular formula is C28H28FN5O3. The topological polar surface area (TPSA) is 120 Å². The van der Waals surface area contributed by atoms with Crippen molar-refractivity contribution in [2.75, 3.05) is 13.2 Å². The number of aromatic carboxylic acids is 1. The quantitative estimate of drug-likeness (QED) is 0.142. The van der Waals surface area contributed by atoms with Crippen LogP contribution >= 0.6 is 0 Å². The lowest BCUT2D eigenvalue weighted by atomic mass is 9.98. The number of rotatable bonds is 10. The number of carbonyl (C=O) groups excluding carboxylic acids is 1. The van der Waals surface area contributed by atoms with Gasteiger partial charge in [-0.05, 0) is 48.2 Å². The second kappa shape index (κ2) is 11.5. The van der Waals surface area contributed by atoms with Gasteiger partial charge >= 0.3 is 5.97 Å². The molecule has 8 nitrogen and oxygen atoms in total. The SMILES string of the molecule is Cn1c([C@H](CCCNC(=N)CF)NC(=O)c2cc(-c3ccccc3)ccc2C(=O)O)nc2ccccc21. The minimum atomic E-state index is -1.20. The zero-order valence-electron chi connectivity index (χ0n) is 20.4. The van der Waals surface area contributed by atoms with E-state index < -0.39 is 24.6 Å². The van der Waals surface area contributed by atoms with E-state index in [1.165, 1.54) is 6.07 Å². The van der Waals surface area contributed by atoms with Crippen LogP contribution in [0.2, 0.25) is 0 Å². The molecule has 4 rings (SSSR count). The van der Waals surface area contributed by atoms with Crippen molar-refractivity contribution in [3.63, 3.8) is 0 Å². The summed E-state index contributed by atoms with van der Waals surface area (Å²) in [5, 5.41) is 22.9. The Bertz CT molecular complexity index is 1430. The number of hydrogen-bond acceptors (Lipinski definition) is 4. The van der Waals surface area contributed by atoms with E-state index in [0.717, 1.165) is 22.2 Å². The van der Waals surface area contributed by atoms with Crippen LogP contribution in [-0.4, -0.2) is 45.6 Å². The van der Waals surface area contributed by atoms with Gasteiger partial charge in [0.05, 0.1) is 28.2 Å². The van der Waals surface area contributed by atoms with Crippen molar-refractivity contribution < 1.29 is 19.1 Å². The Balaban J connectivity index is 1.66. The first-order chi connectivity index (χ1) is 17.9. The van der Waals surface area contributed by atoms with E-state index in [2.05, 4.69) is 10.6 Å². The summed E-state index contributed by atoms with van der Waals surface area (Å²) >= 11 is 0. The van der Waals surface area contributed by atoms with Gasteiger partial charge in [-0.25, -0.2) is 14.2 Å². The number of benzene rings is 3. The lowest BCUT2D eigenvalue weighted by Crippen LogP contribution is -2.32. The van der Waals surface area contributed by atoms with Gasteiger partial charge in [0.15, 0.2) is 0 Å². The second-order valence-corrected chi connectivity index (χ2v) is 8.66. The molecule has 0 aliphatic rings. The molecule has 0 spiro atoms. The third-order valence-electron chi connectivity index (χ3n) is 6.18. The highest BCUT2D eigenvalue weighted by atomic mass is 19.1. The van der Waals surface area contributed by atoms with Crippen LogP contribution in [0.4, 0.5) is 4.39 Å². The molecule has 37 heavy (non-hydrogen) atoms. The Morgan fingerprint density at radius 1 is 1.03 bits per heavy atom. The molecule has 0 bridgehead atoms. The number of aromatic nitrogens is 2. The number of aryl methyl sites for hydroxylation is 1. The number of fused-ring (bicyclic) bond motifs is 1. The molecule has 1 aromatic heterocycles. The monoisotopic (exact) mass is 501 g/mol. The first kappa shape index (κ1) is 25.6. The summed E-state index contributed by atoms with van der Waals surface area (Å²) in [5.74, 6) is -1.31. The van der Waals surface area contributed by atoms with Crippen molar-refractivity contribution >= 4 is 28.7 Å². The minimum Gasteiger partial charge on any atom is -0.478 e. The Morgan fingerprint density at radius 2 is 1.76 bits per heavy atom. The summed E-state index contributed by atoms with van der Waals surface area (Å²) in [7, 11) is 1.86. The molecule has 0 unspecified atom stereocenters. The number of para-hydroxylation sites is 2. The largest absolute Gasteiger partial charge is 0.478 e. The zero-order valence-corrected chi connectivity index (χ0v) is 20.4. The van der Waals surface area contributed by atoms with Crippen LogP contribution in [0.25, 0.3) is 22.2 Å². The predicted octanol–water partition coefficient (Wildman–Crippen LogP) is 4.73. The number of amides is 1. The average molecular weight is 502 g/mol. The van der Waals surface area contributed by atoms with Crippen LogP contribution in [-0.2, 0) is 7.05 Å². The van der Waals surface area contributed by atoms with Gasteiger partial charge in [0.1, 0.15) is 18.3 Å². The lowest BCUT2D eigenvalue weighted by Gasteiger charge is -2.20. The molecular weight excluding hydrogens is 473 g/mol. The molecule has 3 aromatic carbocycles. The Hall–Kier alpha value is -4.53. The molecule has 0 aliphatic heterocycles. The molecule has 4 N–H and O–H groups in total. The van der Waals surface area contributed by atoms with Gasteiger partial charge in [0, 0.05) is 13.6 Å². The summed E-state index contributed by atoms with van der Waals surface area (Å²) in [6.45, 7) is -0.524. The summed E-state index contributed by atoms with van der Waals surface area (Å²) in [4.78, 5) is 30.2. The van der Waals surface area contributed by atoms with Crippen LogP contribution in [0.3, 0.4) is 0 Å². The number of halogens is 1. The second-order valence-electron chi connectivity index (χ2n) is 8.66. The molecule has 0 aliphatic carbocycles. The number of nitrogens with zero attached hydrogens (tertiary/aromatic N) is 2. The number of nitrogens with one attached hydrogen (secondary N) is 3. The Morgan fingerprint density at radius 3 is 2.46 bits per heavy atom. The third kappa shape index (κ3) is 5.83. The van der Waals surface area contributed by atoms with Crippen molar-refractivity contribution in [2.45, 2.75) is 18.9 Å². The fourth-order valence-corrected chi connectivity index (χ4v) is 4.30. The fourth-order valence-electron chi connectivity index (χ4n) is 4.30. The molecule has 1 amide bonds.